The molecule has 1 aliphatic carbocycles. The molecule has 4 rings (SSSR count). The second kappa shape index (κ2) is 9.02. The minimum atomic E-state index is -0.455. The molecular formula is C22H29FN4O3. The van der Waals surface area contributed by atoms with Crippen molar-refractivity contribution < 1.29 is 18.8 Å². The van der Waals surface area contributed by atoms with Gasteiger partial charge in [0.25, 0.3) is 0 Å². The molecule has 1 aromatic carbocycles. The van der Waals surface area contributed by atoms with Gasteiger partial charge in [0.1, 0.15) is 5.82 Å². The zero-order valence-corrected chi connectivity index (χ0v) is 17.1. The van der Waals surface area contributed by atoms with Crippen molar-refractivity contribution in [2.24, 2.45) is 17.8 Å². The van der Waals surface area contributed by atoms with Crippen molar-refractivity contribution in [2.45, 2.75) is 32.1 Å². The van der Waals surface area contributed by atoms with Crippen LogP contribution in [-0.2, 0) is 9.59 Å². The molecule has 30 heavy (non-hydrogen) atoms. The van der Waals surface area contributed by atoms with E-state index in [2.05, 4.69) is 10.6 Å². The summed E-state index contributed by atoms with van der Waals surface area (Å²) in [6, 6.07) is 5.81. The molecule has 2 saturated heterocycles. The summed E-state index contributed by atoms with van der Waals surface area (Å²) in [4.78, 5) is 40.5. The summed E-state index contributed by atoms with van der Waals surface area (Å²) >= 11 is 0. The summed E-state index contributed by atoms with van der Waals surface area (Å²) in [5.41, 5.74) is 0.179. The van der Waals surface area contributed by atoms with E-state index in [0.29, 0.717) is 44.4 Å². The molecule has 0 radical (unpaired) electrons. The molecule has 1 aromatic rings. The second-order valence-electron chi connectivity index (χ2n) is 8.73. The van der Waals surface area contributed by atoms with Crippen molar-refractivity contribution in [3.8, 4) is 0 Å². The molecule has 2 aliphatic heterocycles. The molecule has 1 saturated carbocycles. The Labute approximate surface area is 176 Å². The minimum absolute atomic E-state index is 0.00242. The van der Waals surface area contributed by atoms with E-state index < -0.39 is 5.82 Å². The number of carbonyl (C=O) groups excluding carboxylic acids is 3. The topological polar surface area (TPSA) is 81.8 Å². The van der Waals surface area contributed by atoms with Crippen LogP contribution in [0.4, 0.5) is 14.9 Å². The van der Waals surface area contributed by atoms with Gasteiger partial charge in [-0.05, 0) is 49.7 Å². The van der Waals surface area contributed by atoms with E-state index in [0.717, 1.165) is 19.4 Å². The van der Waals surface area contributed by atoms with Crippen molar-refractivity contribution in [1.82, 2.24) is 15.1 Å². The van der Waals surface area contributed by atoms with Gasteiger partial charge in [0, 0.05) is 39.1 Å². The first kappa shape index (κ1) is 20.6. The van der Waals surface area contributed by atoms with Gasteiger partial charge in [0.15, 0.2) is 0 Å². The predicted octanol–water partition coefficient (Wildman–Crippen LogP) is 2.44. The first-order chi connectivity index (χ1) is 14.5. The predicted molar refractivity (Wildman–Crippen MR) is 110 cm³/mol. The number of likely N-dealkylation sites (tertiary alicyclic amines) is 2. The fourth-order valence-corrected chi connectivity index (χ4v) is 4.22. The third-order valence-corrected chi connectivity index (χ3v) is 6.34. The SMILES string of the molecule is O=C(NCC1CC1)C1CC(=O)N(CC2CCN(C(=O)Nc3ccccc3F)CC2)C1. The molecular weight excluding hydrogens is 387 g/mol. The molecule has 3 aliphatic rings. The largest absolute Gasteiger partial charge is 0.356 e. The van der Waals surface area contributed by atoms with Gasteiger partial charge in [-0.2, -0.15) is 0 Å². The number of para-hydroxylation sites is 1. The van der Waals surface area contributed by atoms with Gasteiger partial charge in [0.05, 0.1) is 11.6 Å². The Morgan fingerprint density at radius 2 is 1.80 bits per heavy atom. The van der Waals surface area contributed by atoms with Crippen LogP contribution >= 0.6 is 0 Å². The van der Waals surface area contributed by atoms with Crippen molar-refractivity contribution in [2.75, 3.05) is 38.0 Å². The van der Waals surface area contributed by atoms with Gasteiger partial charge in [-0.15, -0.1) is 0 Å². The van der Waals surface area contributed by atoms with Gasteiger partial charge in [0.2, 0.25) is 11.8 Å². The summed E-state index contributed by atoms with van der Waals surface area (Å²) in [5.74, 6) is 0.272. The van der Waals surface area contributed by atoms with E-state index in [1.165, 1.54) is 25.0 Å². The summed E-state index contributed by atoms with van der Waals surface area (Å²) < 4.78 is 13.7. The van der Waals surface area contributed by atoms with Crippen molar-refractivity contribution >= 4 is 23.5 Å². The van der Waals surface area contributed by atoms with Crippen LogP contribution in [0.15, 0.2) is 24.3 Å². The Morgan fingerprint density at radius 1 is 1.07 bits per heavy atom. The maximum Gasteiger partial charge on any atom is 0.321 e. The Hall–Kier alpha value is -2.64. The van der Waals surface area contributed by atoms with Crippen LogP contribution in [0, 0.1) is 23.6 Å². The summed E-state index contributed by atoms with van der Waals surface area (Å²) in [5, 5.41) is 5.60. The highest BCUT2D eigenvalue weighted by molar-refractivity contribution is 5.90. The van der Waals surface area contributed by atoms with Crippen LogP contribution < -0.4 is 10.6 Å². The lowest BCUT2D eigenvalue weighted by molar-refractivity contribution is -0.129. The zero-order valence-electron chi connectivity index (χ0n) is 17.1. The quantitative estimate of drug-likeness (QED) is 0.747. The highest BCUT2D eigenvalue weighted by Crippen LogP contribution is 2.28. The number of carbonyl (C=O) groups is 3. The minimum Gasteiger partial charge on any atom is -0.356 e. The van der Waals surface area contributed by atoms with Crippen LogP contribution in [0.25, 0.3) is 0 Å². The van der Waals surface area contributed by atoms with Gasteiger partial charge < -0.3 is 20.4 Å². The van der Waals surface area contributed by atoms with E-state index >= 15 is 0 Å². The van der Waals surface area contributed by atoms with E-state index in [1.54, 1.807) is 21.9 Å². The van der Waals surface area contributed by atoms with Crippen LogP contribution in [0.5, 0.6) is 0 Å². The highest BCUT2D eigenvalue weighted by Gasteiger charge is 2.36. The smallest absolute Gasteiger partial charge is 0.321 e. The number of urea groups is 1. The van der Waals surface area contributed by atoms with Crippen molar-refractivity contribution in [3.05, 3.63) is 30.1 Å². The van der Waals surface area contributed by atoms with E-state index in [4.69, 9.17) is 0 Å². The number of amides is 4. The third-order valence-electron chi connectivity index (χ3n) is 6.34. The van der Waals surface area contributed by atoms with Gasteiger partial charge in [-0.3, -0.25) is 9.59 Å². The Kier molecular flexibility index (Phi) is 6.20. The molecule has 1 unspecified atom stereocenters. The number of hydrogen-bond acceptors (Lipinski definition) is 3. The molecule has 2 N–H and O–H groups in total. The molecule has 0 aromatic heterocycles. The number of benzene rings is 1. The van der Waals surface area contributed by atoms with E-state index in [-0.39, 0.29) is 29.5 Å². The Balaban J connectivity index is 1.20. The number of piperidine rings is 1. The number of anilines is 1. The van der Waals surface area contributed by atoms with Crippen LogP contribution in [-0.4, -0.2) is 60.4 Å². The first-order valence-electron chi connectivity index (χ1n) is 10.9. The normalized spacial score (nSPS) is 22.3. The summed E-state index contributed by atoms with van der Waals surface area (Å²) in [6.07, 6.45) is 4.24. The van der Waals surface area contributed by atoms with Crippen molar-refractivity contribution in [3.63, 3.8) is 0 Å². The number of rotatable bonds is 6. The third kappa shape index (κ3) is 5.09. The lowest BCUT2D eigenvalue weighted by atomic mass is 9.96. The van der Waals surface area contributed by atoms with Gasteiger partial charge in [-0.1, -0.05) is 12.1 Å². The zero-order chi connectivity index (χ0) is 21.1. The average Bonchev–Trinajstić information content (AvgIpc) is 3.50. The molecule has 4 amide bonds. The maximum atomic E-state index is 13.7. The molecule has 1 atom stereocenters. The fraction of sp³-hybridized carbons (Fsp3) is 0.591. The molecule has 0 bridgehead atoms. The number of hydrogen-bond donors (Lipinski definition) is 2. The maximum absolute atomic E-state index is 13.7. The molecule has 8 heteroatoms. The van der Waals surface area contributed by atoms with Crippen LogP contribution in [0.3, 0.4) is 0 Å². The van der Waals surface area contributed by atoms with Crippen molar-refractivity contribution in [1.29, 1.82) is 0 Å². The fourth-order valence-electron chi connectivity index (χ4n) is 4.22. The van der Waals surface area contributed by atoms with Gasteiger partial charge >= 0.3 is 6.03 Å². The molecule has 162 valence electrons. The lowest BCUT2D eigenvalue weighted by Crippen LogP contribution is -2.44. The average molecular weight is 416 g/mol. The first-order valence-corrected chi connectivity index (χ1v) is 10.9. The second-order valence-corrected chi connectivity index (χ2v) is 8.73. The molecule has 0 spiro atoms. The number of halogens is 1. The van der Waals surface area contributed by atoms with Gasteiger partial charge in [-0.25, -0.2) is 9.18 Å². The van der Waals surface area contributed by atoms with Crippen LogP contribution in [0.2, 0.25) is 0 Å². The monoisotopic (exact) mass is 416 g/mol. The molecule has 2 heterocycles. The van der Waals surface area contributed by atoms with Crippen LogP contribution in [0.1, 0.15) is 32.1 Å². The molecule has 7 nitrogen and oxygen atoms in total. The standard InChI is InChI=1S/C22H29FN4O3/c23-18-3-1-2-4-19(18)25-22(30)26-9-7-16(8-10-26)13-27-14-17(11-20(27)28)21(29)24-12-15-5-6-15/h1-4,15-17H,5-14H2,(H,24,29)(H,25,30). The Morgan fingerprint density at radius 3 is 2.50 bits per heavy atom. The summed E-state index contributed by atoms with van der Waals surface area (Å²) in [7, 11) is 0. The number of nitrogens with one attached hydrogen (secondary N) is 2. The lowest BCUT2D eigenvalue weighted by Gasteiger charge is -2.34. The Bertz CT molecular complexity index is 805. The number of nitrogens with zero attached hydrogens (tertiary/aromatic N) is 2. The van der Waals surface area contributed by atoms with E-state index in [1.807, 2.05) is 0 Å². The van der Waals surface area contributed by atoms with E-state index in [9.17, 15) is 18.8 Å². The molecule has 3 fully saturated rings. The highest BCUT2D eigenvalue weighted by atomic mass is 19.1. The summed E-state index contributed by atoms with van der Waals surface area (Å²) in [6.45, 7) is 2.99.